The summed E-state index contributed by atoms with van der Waals surface area (Å²) in [4.78, 5) is 4.30. The topological polar surface area (TPSA) is 38.9 Å². The minimum Gasteiger partial charge on any atom is -0.319 e. The van der Waals surface area contributed by atoms with Crippen molar-refractivity contribution in [3.8, 4) is 0 Å². The monoisotopic (exact) mass is 328 g/mol. The minimum atomic E-state index is -0.629. The van der Waals surface area contributed by atoms with Crippen LogP contribution < -0.4 is 5.73 Å². The van der Waals surface area contributed by atoms with Gasteiger partial charge >= 0.3 is 0 Å². The number of aryl methyl sites for hydroxylation is 1. The molecule has 1 aromatic heterocycles. The van der Waals surface area contributed by atoms with Crippen molar-refractivity contribution in [2.45, 2.75) is 13.0 Å². The van der Waals surface area contributed by atoms with Crippen molar-refractivity contribution in [1.29, 1.82) is 0 Å². The van der Waals surface area contributed by atoms with Gasteiger partial charge in [0.2, 0.25) is 0 Å². The lowest BCUT2D eigenvalue weighted by Gasteiger charge is -2.14. The molecule has 0 aliphatic carbocycles. The van der Waals surface area contributed by atoms with Crippen molar-refractivity contribution in [1.82, 2.24) is 4.98 Å². The molecule has 0 radical (unpaired) electrons. The van der Waals surface area contributed by atoms with E-state index in [2.05, 4.69) is 20.9 Å². The Morgan fingerprint density at radius 1 is 1.33 bits per heavy atom. The summed E-state index contributed by atoms with van der Waals surface area (Å²) in [5.74, 6) is -0.512. The molecule has 1 aromatic carbocycles. The maximum Gasteiger partial charge on any atom is 0.148 e. The van der Waals surface area contributed by atoms with Crippen LogP contribution in [0, 0.1) is 12.7 Å². The molecule has 1 atom stereocenters. The third-order valence-electron chi connectivity index (χ3n) is 2.63. The zero-order valence-electron chi connectivity index (χ0n) is 9.62. The normalized spacial score (nSPS) is 12.5. The molecule has 2 nitrogen and oxygen atoms in total. The molecule has 0 saturated heterocycles. The van der Waals surface area contributed by atoms with E-state index in [9.17, 15) is 4.39 Å². The summed E-state index contributed by atoms with van der Waals surface area (Å²) in [7, 11) is 0. The molecule has 0 fully saturated rings. The van der Waals surface area contributed by atoms with Crippen LogP contribution in [0.2, 0.25) is 5.02 Å². The summed E-state index contributed by atoms with van der Waals surface area (Å²) in [6, 6.07) is 8.14. The molecule has 1 heterocycles. The number of nitrogens with two attached hydrogens (primary N) is 1. The second kappa shape index (κ2) is 5.34. The fraction of sp³-hybridized carbons (Fsp3) is 0.154. The Kier molecular flexibility index (Phi) is 4.00. The largest absolute Gasteiger partial charge is 0.319 e. The van der Waals surface area contributed by atoms with E-state index in [0.29, 0.717) is 15.7 Å². The molecule has 2 aromatic rings. The number of nitrogens with zero attached hydrogens (tertiary/aromatic N) is 1. The fourth-order valence-corrected chi connectivity index (χ4v) is 2.16. The maximum absolute atomic E-state index is 14.0. The molecule has 5 heteroatoms. The molecule has 2 rings (SSSR count). The number of hydrogen-bond donors (Lipinski definition) is 1. The van der Waals surface area contributed by atoms with Gasteiger partial charge in [-0.1, -0.05) is 23.7 Å². The molecule has 0 spiro atoms. The predicted molar refractivity (Wildman–Crippen MR) is 74.1 cm³/mol. The zero-order chi connectivity index (χ0) is 13.3. The standard InChI is InChI=1S/C13H11BrClFN2/c1-7-3-2-4-10(18-7)13(17)8-5-6-9(14)11(15)12(8)16/h2-6,13H,17H2,1H3. The number of aromatic nitrogens is 1. The first-order chi connectivity index (χ1) is 8.50. The van der Waals surface area contributed by atoms with Crippen molar-refractivity contribution < 1.29 is 4.39 Å². The van der Waals surface area contributed by atoms with Crippen LogP contribution in [0.4, 0.5) is 4.39 Å². The lowest BCUT2D eigenvalue weighted by Crippen LogP contribution is -2.15. The van der Waals surface area contributed by atoms with Gasteiger partial charge in [0.05, 0.1) is 16.8 Å². The van der Waals surface area contributed by atoms with E-state index in [0.717, 1.165) is 5.69 Å². The Morgan fingerprint density at radius 3 is 2.72 bits per heavy atom. The number of halogens is 3. The van der Waals surface area contributed by atoms with E-state index in [-0.39, 0.29) is 5.02 Å². The Hall–Kier alpha value is -0.970. The molecule has 18 heavy (non-hydrogen) atoms. The molecular weight excluding hydrogens is 319 g/mol. The average molecular weight is 330 g/mol. The lowest BCUT2D eigenvalue weighted by atomic mass is 10.0. The van der Waals surface area contributed by atoms with E-state index in [4.69, 9.17) is 17.3 Å². The van der Waals surface area contributed by atoms with Gasteiger partial charge in [0.15, 0.2) is 0 Å². The van der Waals surface area contributed by atoms with Crippen molar-refractivity contribution >= 4 is 27.5 Å². The molecular formula is C13H11BrClFN2. The molecule has 0 saturated carbocycles. The van der Waals surface area contributed by atoms with Gasteiger partial charge in [-0.15, -0.1) is 0 Å². The fourth-order valence-electron chi connectivity index (χ4n) is 1.68. The van der Waals surface area contributed by atoms with Crippen molar-refractivity contribution in [3.63, 3.8) is 0 Å². The Labute approximate surface area is 118 Å². The highest BCUT2D eigenvalue weighted by Gasteiger charge is 2.18. The van der Waals surface area contributed by atoms with Gasteiger partial charge in [0, 0.05) is 15.7 Å². The SMILES string of the molecule is Cc1cccc(C(N)c2ccc(Br)c(Cl)c2F)n1. The van der Waals surface area contributed by atoms with E-state index >= 15 is 0 Å². The van der Waals surface area contributed by atoms with Gasteiger partial charge in [-0.25, -0.2) is 4.39 Å². The highest BCUT2D eigenvalue weighted by atomic mass is 79.9. The summed E-state index contributed by atoms with van der Waals surface area (Å²) in [5.41, 5.74) is 7.82. The van der Waals surface area contributed by atoms with Crippen LogP contribution in [0.1, 0.15) is 23.0 Å². The van der Waals surface area contributed by atoms with Crippen molar-refractivity contribution in [3.05, 3.63) is 62.6 Å². The zero-order valence-corrected chi connectivity index (χ0v) is 12.0. The third-order valence-corrected chi connectivity index (χ3v) is 3.89. The summed E-state index contributed by atoms with van der Waals surface area (Å²) in [6.45, 7) is 1.86. The molecule has 0 aliphatic heterocycles. The quantitative estimate of drug-likeness (QED) is 0.846. The van der Waals surface area contributed by atoms with Gasteiger partial charge in [0.25, 0.3) is 0 Å². The minimum absolute atomic E-state index is 0.0376. The molecule has 0 amide bonds. The highest BCUT2D eigenvalue weighted by Crippen LogP contribution is 2.31. The molecule has 94 valence electrons. The summed E-state index contributed by atoms with van der Waals surface area (Å²) in [5, 5.41) is 0.0376. The smallest absolute Gasteiger partial charge is 0.148 e. The lowest BCUT2D eigenvalue weighted by molar-refractivity contribution is 0.596. The molecule has 1 unspecified atom stereocenters. The van der Waals surface area contributed by atoms with Crippen LogP contribution in [0.15, 0.2) is 34.8 Å². The first-order valence-corrected chi connectivity index (χ1v) is 6.50. The first-order valence-electron chi connectivity index (χ1n) is 5.33. The number of rotatable bonds is 2. The van der Waals surface area contributed by atoms with Crippen LogP contribution in [0.25, 0.3) is 0 Å². The van der Waals surface area contributed by atoms with Gasteiger partial charge < -0.3 is 5.73 Å². The Balaban J connectivity index is 2.46. The van der Waals surface area contributed by atoms with E-state index in [1.165, 1.54) is 0 Å². The Bertz CT molecular complexity index is 589. The van der Waals surface area contributed by atoms with Crippen LogP contribution in [0.5, 0.6) is 0 Å². The van der Waals surface area contributed by atoms with Gasteiger partial charge in [-0.05, 0) is 41.1 Å². The van der Waals surface area contributed by atoms with Crippen molar-refractivity contribution in [2.75, 3.05) is 0 Å². The summed E-state index contributed by atoms with van der Waals surface area (Å²) < 4.78 is 14.5. The number of benzene rings is 1. The van der Waals surface area contributed by atoms with E-state index < -0.39 is 11.9 Å². The number of pyridine rings is 1. The first kappa shape index (κ1) is 13.5. The average Bonchev–Trinajstić information content (AvgIpc) is 2.35. The molecule has 0 aliphatic rings. The van der Waals surface area contributed by atoms with E-state index in [1.807, 2.05) is 19.1 Å². The number of hydrogen-bond acceptors (Lipinski definition) is 2. The maximum atomic E-state index is 14.0. The highest BCUT2D eigenvalue weighted by molar-refractivity contribution is 9.10. The third kappa shape index (κ3) is 2.55. The van der Waals surface area contributed by atoms with Crippen LogP contribution in [-0.4, -0.2) is 4.98 Å². The van der Waals surface area contributed by atoms with E-state index in [1.54, 1.807) is 18.2 Å². The molecule has 2 N–H and O–H groups in total. The summed E-state index contributed by atoms with van der Waals surface area (Å²) >= 11 is 9.02. The predicted octanol–water partition coefficient (Wildman–Crippen LogP) is 3.99. The molecule has 0 bridgehead atoms. The van der Waals surface area contributed by atoms with Gasteiger partial charge in [-0.2, -0.15) is 0 Å². The summed E-state index contributed by atoms with van der Waals surface area (Å²) in [6.07, 6.45) is 0. The van der Waals surface area contributed by atoms with Crippen LogP contribution >= 0.6 is 27.5 Å². The van der Waals surface area contributed by atoms with Crippen LogP contribution in [0.3, 0.4) is 0 Å². The second-order valence-corrected chi connectivity index (χ2v) is 5.18. The van der Waals surface area contributed by atoms with Crippen molar-refractivity contribution in [2.24, 2.45) is 5.73 Å². The van der Waals surface area contributed by atoms with Gasteiger partial charge in [-0.3, -0.25) is 4.98 Å². The van der Waals surface area contributed by atoms with Crippen LogP contribution in [-0.2, 0) is 0 Å². The Morgan fingerprint density at radius 2 is 2.06 bits per heavy atom. The second-order valence-electron chi connectivity index (χ2n) is 3.95. The van der Waals surface area contributed by atoms with Gasteiger partial charge in [0.1, 0.15) is 5.82 Å².